The highest BCUT2D eigenvalue weighted by atomic mass is 16.3. The number of amides is 1. The van der Waals surface area contributed by atoms with E-state index in [0.29, 0.717) is 25.8 Å². The smallest absolute Gasteiger partial charge is 0.244 e. The van der Waals surface area contributed by atoms with Gasteiger partial charge < -0.3 is 10.0 Å². The van der Waals surface area contributed by atoms with Gasteiger partial charge in [0.05, 0.1) is 24.6 Å². The molecule has 1 aromatic rings. The third-order valence-corrected chi connectivity index (χ3v) is 4.64. The van der Waals surface area contributed by atoms with Crippen molar-refractivity contribution in [1.82, 2.24) is 4.90 Å². The second kappa shape index (κ2) is 8.27. The first-order valence-corrected chi connectivity index (χ1v) is 8.61. The predicted octanol–water partition coefficient (Wildman–Crippen LogP) is 2.40. The summed E-state index contributed by atoms with van der Waals surface area (Å²) < 4.78 is 0. The highest BCUT2D eigenvalue weighted by Crippen LogP contribution is 2.22. The minimum atomic E-state index is -0.253. The number of carbonyl (C=O) groups excluding carboxylic acids is 1. The fourth-order valence-corrected chi connectivity index (χ4v) is 3.29. The number of aliphatic hydroxyl groups is 1. The van der Waals surface area contributed by atoms with Crippen LogP contribution in [0.3, 0.4) is 0 Å². The van der Waals surface area contributed by atoms with Crippen LogP contribution in [0.4, 0.5) is 5.69 Å². The number of nitriles is 1. The number of rotatable bonds is 5. The van der Waals surface area contributed by atoms with E-state index in [-0.39, 0.29) is 18.1 Å². The molecule has 1 aromatic carbocycles. The Bertz CT molecular complexity index is 595. The number of aliphatic hydroxyl groups excluding tert-OH is 1. The molecule has 1 aliphatic heterocycles. The van der Waals surface area contributed by atoms with Crippen LogP contribution in [-0.2, 0) is 4.79 Å². The number of carbonyl (C=O) groups is 1. The average Bonchev–Trinajstić information content (AvgIpc) is 2.54. The summed E-state index contributed by atoms with van der Waals surface area (Å²) in [6.07, 6.45) is 1.47. The fraction of sp³-hybridized carbons (Fsp3) is 0.579. The van der Waals surface area contributed by atoms with Crippen molar-refractivity contribution in [3.8, 4) is 6.07 Å². The van der Waals surface area contributed by atoms with Crippen LogP contribution in [0.1, 0.15) is 37.3 Å². The van der Waals surface area contributed by atoms with Crippen LogP contribution >= 0.6 is 0 Å². The maximum atomic E-state index is 13.1. The first-order chi connectivity index (χ1) is 11.4. The van der Waals surface area contributed by atoms with E-state index < -0.39 is 0 Å². The van der Waals surface area contributed by atoms with E-state index in [1.807, 2.05) is 32.9 Å². The molecule has 1 fully saturated rings. The summed E-state index contributed by atoms with van der Waals surface area (Å²) in [5, 5.41) is 18.6. The van der Waals surface area contributed by atoms with Crippen molar-refractivity contribution < 1.29 is 9.90 Å². The van der Waals surface area contributed by atoms with Crippen LogP contribution in [0.5, 0.6) is 0 Å². The predicted molar refractivity (Wildman–Crippen MR) is 94.8 cm³/mol. The molecule has 24 heavy (non-hydrogen) atoms. The van der Waals surface area contributed by atoms with Gasteiger partial charge in [0.1, 0.15) is 0 Å². The van der Waals surface area contributed by atoms with Crippen molar-refractivity contribution in [2.45, 2.75) is 52.2 Å². The summed E-state index contributed by atoms with van der Waals surface area (Å²) in [7, 11) is 0. The molecule has 0 aromatic heterocycles. The lowest BCUT2D eigenvalue weighted by molar-refractivity contribution is -0.124. The van der Waals surface area contributed by atoms with Crippen molar-refractivity contribution >= 4 is 11.6 Å². The van der Waals surface area contributed by atoms with E-state index in [4.69, 9.17) is 5.26 Å². The molecule has 0 spiro atoms. The molecule has 130 valence electrons. The lowest BCUT2D eigenvalue weighted by atomic mass is 10.0. The monoisotopic (exact) mass is 329 g/mol. The van der Waals surface area contributed by atoms with Gasteiger partial charge in [0, 0.05) is 25.3 Å². The summed E-state index contributed by atoms with van der Waals surface area (Å²) >= 11 is 0. The Balaban J connectivity index is 2.20. The zero-order valence-electron chi connectivity index (χ0n) is 14.8. The second-order valence-electron chi connectivity index (χ2n) is 6.69. The van der Waals surface area contributed by atoms with Gasteiger partial charge in [0.2, 0.25) is 5.91 Å². The van der Waals surface area contributed by atoms with Gasteiger partial charge >= 0.3 is 0 Å². The lowest BCUT2D eigenvalue weighted by Gasteiger charge is -2.36. The van der Waals surface area contributed by atoms with Gasteiger partial charge in [-0.3, -0.25) is 9.69 Å². The zero-order chi connectivity index (χ0) is 17.7. The molecule has 2 rings (SSSR count). The Morgan fingerprint density at radius 2 is 1.92 bits per heavy atom. The first kappa shape index (κ1) is 18.4. The van der Waals surface area contributed by atoms with E-state index in [1.165, 1.54) is 0 Å². The standard InChI is InChI=1S/C19H27N3O2/c1-14-11-15(2)13-17(12-14)22(8-4-7-20)19(24)16(3)21-9-5-18(23)6-10-21/h11-13,16,18,23H,4-6,8-10H2,1-3H3. The molecule has 1 saturated heterocycles. The molecule has 1 heterocycles. The normalized spacial score (nSPS) is 17.3. The summed E-state index contributed by atoms with van der Waals surface area (Å²) in [4.78, 5) is 16.9. The maximum Gasteiger partial charge on any atom is 0.244 e. The van der Waals surface area contributed by atoms with Gasteiger partial charge in [-0.1, -0.05) is 6.07 Å². The quantitative estimate of drug-likeness (QED) is 0.901. The Labute approximate surface area is 144 Å². The Hall–Kier alpha value is -1.90. The van der Waals surface area contributed by atoms with Crippen LogP contribution in [0.15, 0.2) is 18.2 Å². The SMILES string of the molecule is Cc1cc(C)cc(N(CCC#N)C(=O)C(C)N2CCC(O)CC2)c1. The maximum absolute atomic E-state index is 13.1. The Morgan fingerprint density at radius 1 is 1.33 bits per heavy atom. The third-order valence-electron chi connectivity index (χ3n) is 4.64. The molecular weight excluding hydrogens is 302 g/mol. The highest BCUT2D eigenvalue weighted by Gasteiger charge is 2.29. The molecule has 0 bridgehead atoms. The van der Waals surface area contributed by atoms with Gasteiger partial charge in [-0.25, -0.2) is 0 Å². The van der Waals surface area contributed by atoms with Gasteiger partial charge in [-0.2, -0.15) is 5.26 Å². The van der Waals surface area contributed by atoms with Gasteiger partial charge in [0.15, 0.2) is 0 Å². The molecule has 1 aliphatic rings. The van der Waals surface area contributed by atoms with E-state index in [2.05, 4.69) is 17.0 Å². The van der Waals surface area contributed by atoms with Crippen LogP contribution in [0, 0.1) is 25.2 Å². The lowest BCUT2D eigenvalue weighted by Crippen LogP contribution is -2.50. The van der Waals surface area contributed by atoms with E-state index >= 15 is 0 Å². The molecule has 5 heteroatoms. The number of benzene rings is 1. The molecule has 0 aliphatic carbocycles. The molecule has 1 atom stereocenters. The number of aryl methyl sites for hydroxylation is 2. The van der Waals surface area contributed by atoms with Crippen molar-refractivity contribution in [1.29, 1.82) is 5.26 Å². The molecule has 1 N–H and O–H groups in total. The summed E-state index contributed by atoms with van der Waals surface area (Å²) in [6, 6.07) is 7.95. The van der Waals surface area contributed by atoms with Crippen LogP contribution < -0.4 is 4.90 Å². The molecule has 0 radical (unpaired) electrons. The molecule has 0 saturated carbocycles. The van der Waals surface area contributed by atoms with E-state index in [9.17, 15) is 9.90 Å². The summed E-state index contributed by atoms with van der Waals surface area (Å²) in [6.45, 7) is 7.80. The number of anilines is 1. The van der Waals surface area contributed by atoms with Crippen molar-refractivity contribution in [2.24, 2.45) is 0 Å². The zero-order valence-corrected chi connectivity index (χ0v) is 14.8. The Morgan fingerprint density at radius 3 is 2.46 bits per heavy atom. The summed E-state index contributed by atoms with van der Waals surface area (Å²) in [5.74, 6) is 0.0200. The van der Waals surface area contributed by atoms with Gasteiger partial charge in [0.25, 0.3) is 0 Å². The van der Waals surface area contributed by atoms with Crippen LogP contribution in [0.2, 0.25) is 0 Å². The van der Waals surface area contributed by atoms with E-state index in [1.54, 1.807) is 4.90 Å². The topological polar surface area (TPSA) is 67.6 Å². The second-order valence-corrected chi connectivity index (χ2v) is 6.69. The molecule has 1 amide bonds. The molecule has 1 unspecified atom stereocenters. The number of hydrogen-bond acceptors (Lipinski definition) is 4. The highest BCUT2D eigenvalue weighted by molar-refractivity contribution is 5.97. The Kier molecular flexibility index (Phi) is 6.36. The number of piperidine rings is 1. The van der Waals surface area contributed by atoms with E-state index in [0.717, 1.165) is 29.9 Å². The minimum Gasteiger partial charge on any atom is -0.393 e. The summed E-state index contributed by atoms with van der Waals surface area (Å²) in [5.41, 5.74) is 3.07. The molecular formula is C19H27N3O2. The van der Waals surface area contributed by atoms with Crippen molar-refractivity contribution in [3.63, 3.8) is 0 Å². The largest absolute Gasteiger partial charge is 0.393 e. The van der Waals surface area contributed by atoms with Crippen LogP contribution in [-0.4, -0.2) is 47.7 Å². The average molecular weight is 329 g/mol. The fourth-order valence-electron chi connectivity index (χ4n) is 3.29. The number of hydrogen-bond donors (Lipinski definition) is 1. The minimum absolute atomic E-state index is 0.0200. The molecule has 5 nitrogen and oxygen atoms in total. The van der Waals surface area contributed by atoms with Gasteiger partial charge in [-0.05, 0) is 56.9 Å². The number of nitrogens with zero attached hydrogens (tertiary/aromatic N) is 3. The van der Waals surface area contributed by atoms with Crippen LogP contribution in [0.25, 0.3) is 0 Å². The first-order valence-electron chi connectivity index (χ1n) is 8.61. The third kappa shape index (κ3) is 4.56. The van der Waals surface area contributed by atoms with Crippen molar-refractivity contribution in [2.75, 3.05) is 24.5 Å². The number of likely N-dealkylation sites (tertiary alicyclic amines) is 1. The van der Waals surface area contributed by atoms with Crippen molar-refractivity contribution in [3.05, 3.63) is 29.3 Å². The van der Waals surface area contributed by atoms with Gasteiger partial charge in [-0.15, -0.1) is 0 Å².